The van der Waals surface area contributed by atoms with Gasteiger partial charge in [-0.05, 0) is 49.3 Å². The number of rotatable bonds is 7. The van der Waals surface area contributed by atoms with Gasteiger partial charge in [0.05, 0.1) is 11.7 Å². The molecule has 162 valence electrons. The SMILES string of the molecule is CCNC(=O)[C@@]1(Cc2cccc(-c3cccs3)c2)CCN(C(=O)[C@H](C)n2ccnc2)C1. The molecule has 7 heteroatoms. The van der Waals surface area contributed by atoms with Crippen LogP contribution in [-0.4, -0.2) is 45.9 Å². The number of likely N-dealkylation sites (tertiary alicyclic amines) is 1. The van der Waals surface area contributed by atoms with E-state index in [0.717, 1.165) is 5.56 Å². The summed E-state index contributed by atoms with van der Waals surface area (Å²) in [6, 6.07) is 12.2. The predicted octanol–water partition coefficient (Wildman–Crippen LogP) is 3.77. The van der Waals surface area contributed by atoms with Crippen molar-refractivity contribution in [3.05, 3.63) is 66.1 Å². The predicted molar refractivity (Wildman–Crippen MR) is 123 cm³/mol. The molecule has 3 heterocycles. The Morgan fingerprint density at radius 3 is 2.87 bits per heavy atom. The molecular formula is C24H28N4O2S. The van der Waals surface area contributed by atoms with Gasteiger partial charge in [0.1, 0.15) is 6.04 Å². The van der Waals surface area contributed by atoms with Crippen LogP contribution >= 0.6 is 11.3 Å². The minimum atomic E-state index is -0.617. The highest BCUT2D eigenvalue weighted by molar-refractivity contribution is 7.13. The molecule has 1 saturated heterocycles. The molecule has 6 nitrogen and oxygen atoms in total. The molecule has 1 fully saturated rings. The molecule has 0 saturated carbocycles. The van der Waals surface area contributed by atoms with Gasteiger partial charge in [0, 0.05) is 36.9 Å². The van der Waals surface area contributed by atoms with Crippen molar-refractivity contribution in [2.45, 2.75) is 32.7 Å². The lowest BCUT2D eigenvalue weighted by Crippen LogP contribution is -2.45. The molecule has 1 aliphatic heterocycles. The van der Waals surface area contributed by atoms with Crippen molar-refractivity contribution in [3.63, 3.8) is 0 Å². The van der Waals surface area contributed by atoms with E-state index in [9.17, 15) is 9.59 Å². The topological polar surface area (TPSA) is 67.2 Å². The number of thiophene rings is 1. The normalized spacial score (nSPS) is 19.4. The Morgan fingerprint density at radius 1 is 1.29 bits per heavy atom. The molecule has 0 aliphatic carbocycles. The van der Waals surface area contributed by atoms with Gasteiger partial charge in [-0.3, -0.25) is 9.59 Å². The van der Waals surface area contributed by atoms with E-state index >= 15 is 0 Å². The summed E-state index contributed by atoms with van der Waals surface area (Å²) in [7, 11) is 0. The van der Waals surface area contributed by atoms with E-state index in [1.165, 1.54) is 10.4 Å². The van der Waals surface area contributed by atoms with E-state index in [4.69, 9.17) is 0 Å². The molecule has 2 aromatic heterocycles. The summed E-state index contributed by atoms with van der Waals surface area (Å²) in [5.41, 5.74) is 1.67. The zero-order valence-corrected chi connectivity index (χ0v) is 18.8. The van der Waals surface area contributed by atoms with Crippen LogP contribution in [-0.2, 0) is 16.0 Å². The summed E-state index contributed by atoms with van der Waals surface area (Å²) >= 11 is 1.71. The second kappa shape index (κ2) is 9.06. The van der Waals surface area contributed by atoms with Gasteiger partial charge >= 0.3 is 0 Å². The van der Waals surface area contributed by atoms with E-state index < -0.39 is 5.41 Å². The molecule has 0 unspecified atom stereocenters. The van der Waals surface area contributed by atoms with Crippen molar-refractivity contribution >= 4 is 23.2 Å². The van der Waals surface area contributed by atoms with E-state index in [-0.39, 0.29) is 17.9 Å². The number of nitrogens with one attached hydrogen (secondary N) is 1. The van der Waals surface area contributed by atoms with Gasteiger partial charge in [-0.25, -0.2) is 4.98 Å². The summed E-state index contributed by atoms with van der Waals surface area (Å²) in [4.78, 5) is 33.4. The third-order valence-corrected chi connectivity index (χ3v) is 7.01. The summed E-state index contributed by atoms with van der Waals surface area (Å²) in [5.74, 6) is 0.0543. The first-order valence-electron chi connectivity index (χ1n) is 10.7. The quantitative estimate of drug-likeness (QED) is 0.613. The Kier molecular flexibility index (Phi) is 6.23. The molecule has 4 rings (SSSR count). The van der Waals surface area contributed by atoms with Crippen molar-refractivity contribution in [3.8, 4) is 10.4 Å². The maximum atomic E-state index is 13.2. The fourth-order valence-corrected chi connectivity index (χ4v) is 5.10. The monoisotopic (exact) mass is 436 g/mol. The fraction of sp³-hybridized carbons (Fsp3) is 0.375. The smallest absolute Gasteiger partial charge is 0.245 e. The average Bonchev–Trinajstić information content (AvgIpc) is 3.55. The molecule has 3 aromatic rings. The molecule has 0 spiro atoms. The largest absolute Gasteiger partial charge is 0.356 e. The van der Waals surface area contributed by atoms with Crippen LogP contribution < -0.4 is 5.32 Å². The zero-order chi connectivity index (χ0) is 21.8. The first kappa shape index (κ1) is 21.3. The number of imidazole rings is 1. The number of carbonyl (C=O) groups is 2. The first-order valence-corrected chi connectivity index (χ1v) is 11.6. The van der Waals surface area contributed by atoms with Crippen LogP contribution in [0.15, 0.2) is 60.5 Å². The lowest BCUT2D eigenvalue weighted by Gasteiger charge is -2.29. The first-order chi connectivity index (χ1) is 15.0. The number of hydrogen-bond acceptors (Lipinski definition) is 4. The summed E-state index contributed by atoms with van der Waals surface area (Å²) in [5, 5.41) is 5.09. The number of aromatic nitrogens is 2. The second-order valence-electron chi connectivity index (χ2n) is 8.19. The van der Waals surface area contributed by atoms with Gasteiger partial charge in [0.2, 0.25) is 11.8 Å². The molecule has 2 amide bonds. The Bertz CT molecular complexity index is 1030. The van der Waals surface area contributed by atoms with E-state index in [1.807, 2.05) is 24.8 Å². The Morgan fingerprint density at radius 2 is 2.16 bits per heavy atom. The van der Waals surface area contributed by atoms with Gasteiger partial charge in [-0.2, -0.15) is 0 Å². The van der Waals surface area contributed by atoms with Crippen LogP contribution in [0.3, 0.4) is 0 Å². The molecule has 0 bridgehead atoms. The minimum absolute atomic E-state index is 0.0245. The zero-order valence-electron chi connectivity index (χ0n) is 18.0. The lowest BCUT2D eigenvalue weighted by atomic mass is 9.79. The standard InChI is InChI=1S/C24H28N4O2S/c1-3-26-23(30)24(15-19-6-4-7-20(14-19)21-8-5-13-31-21)9-11-27(16-24)22(29)18(2)28-12-10-25-17-28/h4-8,10,12-14,17-18H,3,9,11,15-16H2,1-2H3,(H,26,30)/t18-,24+/m0/s1. The number of carbonyl (C=O) groups excluding carboxylic acids is 2. The highest BCUT2D eigenvalue weighted by atomic mass is 32.1. The van der Waals surface area contributed by atoms with Crippen LogP contribution in [0.2, 0.25) is 0 Å². The van der Waals surface area contributed by atoms with Gasteiger partial charge in [-0.15, -0.1) is 11.3 Å². The Labute approximate surface area is 186 Å². The minimum Gasteiger partial charge on any atom is -0.356 e. The van der Waals surface area contributed by atoms with Crippen LogP contribution in [0, 0.1) is 5.41 Å². The highest BCUT2D eigenvalue weighted by Gasteiger charge is 2.46. The van der Waals surface area contributed by atoms with Gasteiger partial charge < -0.3 is 14.8 Å². The van der Waals surface area contributed by atoms with Crippen molar-refractivity contribution in [1.82, 2.24) is 19.8 Å². The van der Waals surface area contributed by atoms with Crippen LogP contribution in [0.25, 0.3) is 10.4 Å². The Hall–Kier alpha value is -2.93. The third kappa shape index (κ3) is 4.42. The Balaban J connectivity index is 1.56. The maximum Gasteiger partial charge on any atom is 0.245 e. The molecule has 0 radical (unpaired) electrons. The molecular weight excluding hydrogens is 408 g/mol. The summed E-state index contributed by atoms with van der Waals surface area (Å²) < 4.78 is 1.80. The van der Waals surface area contributed by atoms with Gasteiger partial charge in [0.15, 0.2) is 0 Å². The third-order valence-electron chi connectivity index (χ3n) is 6.09. The van der Waals surface area contributed by atoms with Crippen molar-refractivity contribution in [2.75, 3.05) is 19.6 Å². The van der Waals surface area contributed by atoms with E-state index in [2.05, 4.69) is 46.0 Å². The number of hydrogen-bond donors (Lipinski definition) is 1. The molecule has 1 aliphatic rings. The number of nitrogens with zero attached hydrogens (tertiary/aromatic N) is 3. The fourth-order valence-electron chi connectivity index (χ4n) is 4.38. The lowest BCUT2D eigenvalue weighted by molar-refractivity contribution is -0.135. The second-order valence-corrected chi connectivity index (χ2v) is 9.14. The van der Waals surface area contributed by atoms with E-state index in [1.54, 1.807) is 34.6 Å². The number of benzene rings is 1. The summed E-state index contributed by atoms with van der Waals surface area (Å²) in [6.45, 7) is 5.40. The molecule has 1 N–H and O–H groups in total. The molecule has 2 atom stereocenters. The number of amides is 2. The molecule has 1 aromatic carbocycles. The highest BCUT2D eigenvalue weighted by Crippen LogP contribution is 2.37. The van der Waals surface area contributed by atoms with Crippen molar-refractivity contribution in [2.24, 2.45) is 5.41 Å². The van der Waals surface area contributed by atoms with E-state index in [0.29, 0.717) is 32.5 Å². The molecule has 31 heavy (non-hydrogen) atoms. The van der Waals surface area contributed by atoms with Gasteiger partial charge in [0.25, 0.3) is 0 Å². The van der Waals surface area contributed by atoms with Crippen molar-refractivity contribution in [1.29, 1.82) is 0 Å². The van der Waals surface area contributed by atoms with Gasteiger partial charge in [-0.1, -0.05) is 30.3 Å². The maximum absolute atomic E-state index is 13.2. The average molecular weight is 437 g/mol. The van der Waals surface area contributed by atoms with Crippen LogP contribution in [0.4, 0.5) is 0 Å². The van der Waals surface area contributed by atoms with Crippen LogP contribution in [0.1, 0.15) is 31.9 Å². The van der Waals surface area contributed by atoms with Crippen LogP contribution in [0.5, 0.6) is 0 Å². The summed E-state index contributed by atoms with van der Waals surface area (Å²) in [6.07, 6.45) is 6.40. The van der Waals surface area contributed by atoms with Crippen molar-refractivity contribution < 1.29 is 9.59 Å².